The van der Waals surface area contributed by atoms with Crippen molar-refractivity contribution in [3.63, 3.8) is 0 Å². The van der Waals surface area contributed by atoms with Gasteiger partial charge in [-0.25, -0.2) is 9.59 Å². The minimum atomic E-state index is -0.942. The van der Waals surface area contributed by atoms with Crippen molar-refractivity contribution in [2.24, 2.45) is 0 Å². The third-order valence-corrected chi connectivity index (χ3v) is 3.73. The molecule has 1 rings (SSSR count). The summed E-state index contributed by atoms with van der Waals surface area (Å²) < 4.78 is 9.85. The highest BCUT2D eigenvalue weighted by atomic mass is 16.6. The van der Waals surface area contributed by atoms with E-state index in [4.69, 9.17) is 9.47 Å². The molecule has 0 radical (unpaired) electrons. The Bertz CT molecular complexity index is 628. The SMILES string of the molecule is COC(=O)C(CCC(=O)N(C)CCc1ccncc1)NC(=O)OC(C)(C)C. The average Bonchev–Trinajstić information content (AvgIpc) is 2.61. The first-order valence-electron chi connectivity index (χ1n) is 8.82. The lowest BCUT2D eigenvalue weighted by Gasteiger charge is -2.23. The number of aromatic nitrogens is 1. The van der Waals surface area contributed by atoms with E-state index in [-0.39, 0.29) is 18.7 Å². The van der Waals surface area contributed by atoms with Gasteiger partial charge in [0.2, 0.25) is 5.91 Å². The number of pyridine rings is 1. The second kappa shape index (κ2) is 10.5. The Hall–Kier alpha value is -2.64. The first kappa shape index (κ1) is 22.4. The van der Waals surface area contributed by atoms with E-state index in [9.17, 15) is 14.4 Å². The fourth-order valence-corrected chi connectivity index (χ4v) is 2.27. The third kappa shape index (κ3) is 9.03. The van der Waals surface area contributed by atoms with Crippen LogP contribution in [0.15, 0.2) is 24.5 Å². The van der Waals surface area contributed by atoms with E-state index in [0.717, 1.165) is 5.56 Å². The van der Waals surface area contributed by atoms with Crippen LogP contribution >= 0.6 is 0 Å². The molecule has 1 heterocycles. The Labute approximate surface area is 160 Å². The first-order valence-corrected chi connectivity index (χ1v) is 8.82. The van der Waals surface area contributed by atoms with Gasteiger partial charge in [-0.2, -0.15) is 0 Å². The maximum atomic E-state index is 12.3. The summed E-state index contributed by atoms with van der Waals surface area (Å²) in [5, 5.41) is 2.46. The van der Waals surface area contributed by atoms with Gasteiger partial charge in [-0.1, -0.05) is 0 Å². The summed E-state index contributed by atoms with van der Waals surface area (Å²) in [5.74, 6) is -0.739. The minimum absolute atomic E-state index is 0.0996. The van der Waals surface area contributed by atoms with Crippen molar-refractivity contribution in [2.45, 2.75) is 51.7 Å². The highest BCUT2D eigenvalue weighted by molar-refractivity contribution is 5.82. The minimum Gasteiger partial charge on any atom is -0.467 e. The Kier molecular flexibility index (Phi) is 8.71. The molecule has 0 saturated heterocycles. The van der Waals surface area contributed by atoms with Gasteiger partial charge in [0, 0.05) is 32.4 Å². The number of carbonyl (C=O) groups is 3. The number of rotatable bonds is 8. The number of likely N-dealkylation sites (N-methyl/N-ethyl adjacent to an activating group) is 1. The molecular weight excluding hydrogens is 350 g/mol. The second-order valence-electron chi connectivity index (χ2n) is 7.18. The topological polar surface area (TPSA) is 97.8 Å². The van der Waals surface area contributed by atoms with Crippen LogP contribution in [-0.2, 0) is 25.5 Å². The molecule has 1 aromatic rings. The van der Waals surface area contributed by atoms with Crippen molar-refractivity contribution in [3.8, 4) is 0 Å². The zero-order valence-corrected chi connectivity index (χ0v) is 16.7. The Morgan fingerprint density at radius 3 is 2.41 bits per heavy atom. The number of hydrogen-bond acceptors (Lipinski definition) is 6. The van der Waals surface area contributed by atoms with Gasteiger partial charge in [-0.15, -0.1) is 0 Å². The average molecular weight is 379 g/mol. The standard InChI is InChI=1S/C19H29N3O5/c1-19(2,3)27-18(25)21-15(17(24)26-5)6-7-16(23)22(4)13-10-14-8-11-20-12-9-14/h8-9,11-12,15H,6-7,10,13H2,1-5H3,(H,21,25). The smallest absolute Gasteiger partial charge is 0.408 e. The van der Waals surface area contributed by atoms with Gasteiger partial charge in [-0.3, -0.25) is 9.78 Å². The molecular formula is C19H29N3O5. The Morgan fingerprint density at radius 2 is 1.85 bits per heavy atom. The number of methoxy groups -OCH3 is 1. The molecule has 0 aliphatic rings. The van der Waals surface area contributed by atoms with E-state index in [0.29, 0.717) is 13.0 Å². The highest BCUT2D eigenvalue weighted by Crippen LogP contribution is 2.09. The summed E-state index contributed by atoms with van der Waals surface area (Å²) in [5.41, 5.74) is 0.400. The van der Waals surface area contributed by atoms with Crippen LogP contribution in [0.1, 0.15) is 39.2 Å². The maximum Gasteiger partial charge on any atom is 0.408 e. The van der Waals surface area contributed by atoms with E-state index < -0.39 is 23.7 Å². The highest BCUT2D eigenvalue weighted by Gasteiger charge is 2.26. The molecule has 0 aliphatic heterocycles. The quantitative estimate of drug-likeness (QED) is 0.693. The van der Waals surface area contributed by atoms with Crippen LogP contribution in [0.2, 0.25) is 0 Å². The van der Waals surface area contributed by atoms with E-state index in [2.05, 4.69) is 10.3 Å². The number of hydrogen-bond donors (Lipinski definition) is 1. The lowest BCUT2D eigenvalue weighted by atomic mass is 10.1. The second-order valence-corrected chi connectivity index (χ2v) is 7.18. The molecule has 8 heteroatoms. The van der Waals surface area contributed by atoms with Crippen LogP contribution in [-0.4, -0.2) is 60.2 Å². The van der Waals surface area contributed by atoms with E-state index in [1.54, 1.807) is 45.1 Å². The lowest BCUT2D eigenvalue weighted by Crippen LogP contribution is -2.44. The molecule has 0 bridgehead atoms. The molecule has 1 atom stereocenters. The summed E-state index contributed by atoms with van der Waals surface area (Å²) in [4.78, 5) is 41.6. The van der Waals surface area contributed by atoms with Gasteiger partial charge in [-0.05, 0) is 51.3 Å². The number of ether oxygens (including phenoxy) is 2. The monoisotopic (exact) mass is 379 g/mol. The van der Waals surface area contributed by atoms with Crippen LogP contribution in [0.25, 0.3) is 0 Å². The fraction of sp³-hybridized carbons (Fsp3) is 0.579. The first-order chi connectivity index (χ1) is 12.6. The number of esters is 1. The molecule has 1 aromatic heterocycles. The molecule has 150 valence electrons. The summed E-state index contributed by atoms with van der Waals surface area (Å²) in [6.45, 7) is 5.72. The zero-order valence-electron chi connectivity index (χ0n) is 16.7. The van der Waals surface area contributed by atoms with Crippen LogP contribution in [0, 0.1) is 0 Å². The van der Waals surface area contributed by atoms with Gasteiger partial charge in [0.25, 0.3) is 0 Å². The largest absolute Gasteiger partial charge is 0.467 e. The van der Waals surface area contributed by atoms with Gasteiger partial charge >= 0.3 is 12.1 Å². The predicted molar refractivity (Wildman–Crippen MR) is 100.0 cm³/mol. The maximum absolute atomic E-state index is 12.3. The molecule has 2 amide bonds. The van der Waals surface area contributed by atoms with Gasteiger partial charge in [0.1, 0.15) is 11.6 Å². The normalized spacial score (nSPS) is 12.0. The van der Waals surface area contributed by atoms with Crippen molar-refractivity contribution < 1.29 is 23.9 Å². The molecule has 0 saturated carbocycles. The van der Waals surface area contributed by atoms with Crippen molar-refractivity contribution in [3.05, 3.63) is 30.1 Å². The number of nitrogens with zero attached hydrogens (tertiary/aromatic N) is 2. The van der Waals surface area contributed by atoms with Crippen molar-refractivity contribution in [2.75, 3.05) is 20.7 Å². The summed E-state index contributed by atoms with van der Waals surface area (Å²) in [6.07, 6.45) is 3.63. The third-order valence-electron chi connectivity index (χ3n) is 3.73. The van der Waals surface area contributed by atoms with Crippen LogP contribution in [0.3, 0.4) is 0 Å². The van der Waals surface area contributed by atoms with Gasteiger partial charge < -0.3 is 19.7 Å². The van der Waals surface area contributed by atoms with Crippen LogP contribution < -0.4 is 5.32 Å². The van der Waals surface area contributed by atoms with Crippen molar-refractivity contribution >= 4 is 18.0 Å². The molecule has 0 spiro atoms. The molecule has 27 heavy (non-hydrogen) atoms. The van der Waals surface area contributed by atoms with Gasteiger partial charge in [0.05, 0.1) is 7.11 Å². The van der Waals surface area contributed by atoms with E-state index in [1.807, 2.05) is 12.1 Å². The molecule has 1 unspecified atom stereocenters. The fourth-order valence-electron chi connectivity index (χ4n) is 2.27. The van der Waals surface area contributed by atoms with E-state index >= 15 is 0 Å². The van der Waals surface area contributed by atoms with Crippen LogP contribution in [0.5, 0.6) is 0 Å². The Balaban J connectivity index is 2.51. The molecule has 8 nitrogen and oxygen atoms in total. The summed E-state index contributed by atoms with van der Waals surface area (Å²) in [6, 6.07) is 2.86. The molecule has 0 fully saturated rings. The predicted octanol–water partition coefficient (Wildman–Crippen LogP) is 1.93. The Morgan fingerprint density at radius 1 is 1.22 bits per heavy atom. The summed E-state index contributed by atoms with van der Waals surface area (Å²) in [7, 11) is 2.94. The number of nitrogens with one attached hydrogen (secondary N) is 1. The zero-order chi connectivity index (χ0) is 20.4. The van der Waals surface area contributed by atoms with Gasteiger partial charge in [0.15, 0.2) is 0 Å². The van der Waals surface area contributed by atoms with Crippen molar-refractivity contribution in [1.29, 1.82) is 0 Å². The van der Waals surface area contributed by atoms with Crippen molar-refractivity contribution in [1.82, 2.24) is 15.2 Å². The molecule has 0 aliphatic carbocycles. The molecule has 0 aromatic carbocycles. The van der Waals surface area contributed by atoms with Crippen LogP contribution in [0.4, 0.5) is 4.79 Å². The lowest BCUT2D eigenvalue weighted by molar-refractivity contribution is -0.143. The number of amides is 2. The number of alkyl carbamates (subject to hydrolysis) is 1. The number of carbonyl (C=O) groups excluding carboxylic acids is 3. The molecule has 1 N–H and O–H groups in total. The van der Waals surface area contributed by atoms with E-state index in [1.165, 1.54) is 7.11 Å². The summed E-state index contributed by atoms with van der Waals surface area (Å²) >= 11 is 0.